The van der Waals surface area contributed by atoms with Crippen LogP contribution in [0.1, 0.15) is 53.9 Å². The van der Waals surface area contributed by atoms with Gasteiger partial charge in [0.2, 0.25) is 5.76 Å². The van der Waals surface area contributed by atoms with Gasteiger partial charge >= 0.3 is 0 Å². The number of benzene rings is 3. The predicted molar refractivity (Wildman–Crippen MR) is 141 cm³/mol. The first-order valence-corrected chi connectivity index (χ1v) is 12.4. The van der Waals surface area contributed by atoms with Crippen molar-refractivity contribution in [2.45, 2.75) is 32.2 Å². The summed E-state index contributed by atoms with van der Waals surface area (Å²) >= 11 is 6.17. The van der Waals surface area contributed by atoms with Crippen molar-refractivity contribution in [3.63, 3.8) is 0 Å². The van der Waals surface area contributed by atoms with Crippen molar-refractivity contribution < 1.29 is 18.7 Å². The molecule has 184 valence electrons. The second kappa shape index (κ2) is 10.1. The first kappa shape index (κ1) is 23.9. The van der Waals surface area contributed by atoms with Crippen LogP contribution in [0.3, 0.4) is 0 Å². The summed E-state index contributed by atoms with van der Waals surface area (Å²) in [5.41, 5.74) is 1.68. The van der Waals surface area contributed by atoms with Crippen LogP contribution in [0.2, 0.25) is 5.02 Å². The van der Waals surface area contributed by atoms with Gasteiger partial charge in [-0.25, -0.2) is 0 Å². The minimum Gasteiger partial charge on any atom is -0.497 e. The molecule has 6 nitrogen and oxygen atoms in total. The van der Waals surface area contributed by atoms with E-state index in [4.69, 9.17) is 25.5 Å². The van der Waals surface area contributed by atoms with Gasteiger partial charge < -0.3 is 13.9 Å². The summed E-state index contributed by atoms with van der Waals surface area (Å²) in [6.07, 6.45) is 3.23. The largest absolute Gasteiger partial charge is 0.497 e. The molecule has 2 heterocycles. The van der Waals surface area contributed by atoms with Crippen LogP contribution >= 0.6 is 11.6 Å². The average molecular weight is 504 g/mol. The van der Waals surface area contributed by atoms with Crippen molar-refractivity contribution >= 4 is 34.2 Å². The van der Waals surface area contributed by atoms with Gasteiger partial charge in [-0.05, 0) is 54.4 Å². The number of nitrogens with zero attached hydrogens (tertiary/aromatic N) is 1. The van der Waals surface area contributed by atoms with Gasteiger partial charge in [0.15, 0.2) is 5.43 Å². The van der Waals surface area contributed by atoms with Crippen LogP contribution < -0.4 is 19.8 Å². The van der Waals surface area contributed by atoms with Gasteiger partial charge in [-0.2, -0.15) is 0 Å². The van der Waals surface area contributed by atoms with Gasteiger partial charge in [0.25, 0.3) is 5.91 Å². The lowest BCUT2D eigenvalue weighted by molar-refractivity contribution is 0.0971. The molecular weight excluding hydrogens is 478 g/mol. The number of rotatable bonds is 8. The summed E-state index contributed by atoms with van der Waals surface area (Å²) in [4.78, 5) is 29.0. The smallest absolute Gasteiger partial charge is 0.295 e. The Labute approximate surface area is 214 Å². The first-order chi connectivity index (χ1) is 17.5. The SMILES string of the molecule is CCCCCOc1ccc(C2c3c(oc4ccc(Cl)cc4c3=O)C(=O)N2c2cccc(OC)c2)cc1. The molecular formula is C29H26ClNO5. The zero-order valence-corrected chi connectivity index (χ0v) is 20.9. The normalized spacial score (nSPS) is 14.8. The van der Waals surface area contributed by atoms with Crippen LogP contribution in [0, 0.1) is 0 Å². The summed E-state index contributed by atoms with van der Waals surface area (Å²) in [5, 5.41) is 0.757. The molecule has 5 rings (SSSR count). The monoisotopic (exact) mass is 503 g/mol. The third-order valence-corrected chi connectivity index (χ3v) is 6.61. The van der Waals surface area contributed by atoms with E-state index >= 15 is 0 Å². The number of carbonyl (C=O) groups is 1. The Kier molecular flexibility index (Phi) is 6.70. The average Bonchev–Trinajstić information content (AvgIpc) is 3.20. The van der Waals surface area contributed by atoms with Gasteiger partial charge in [-0.1, -0.05) is 49.6 Å². The Morgan fingerprint density at radius 3 is 2.53 bits per heavy atom. The van der Waals surface area contributed by atoms with Crippen molar-refractivity contribution in [3.8, 4) is 11.5 Å². The maximum atomic E-state index is 13.7. The number of amides is 1. The molecule has 1 aliphatic rings. The molecule has 0 fully saturated rings. The molecule has 0 bridgehead atoms. The number of methoxy groups -OCH3 is 1. The van der Waals surface area contributed by atoms with Crippen molar-refractivity contribution in [1.82, 2.24) is 0 Å². The minimum atomic E-state index is -0.687. The fourth-order valence-electron chi connectivity index (χ4n) is 4.58. The number of carbonyl (C=O) groups excluding carboxylic acids is 1. The lowest BCUT2D eigenvalue weighted by Gasteiger charge is -2.25. The zero-order valence-electron chi connectivity index (χ0n) is 20.1. The molecule has 0 saturated carbocycles. The van der Waals surface area contributed by atoms with Gasteiger partial charge in [0.05, 0.1) is 30.7 Å². The molecule has 1 unspecified atom stereocenters. The molecule has 0 N–H and O–H groups in total. The van der Waals surface area contributed by atoms with Gasteiger partial charge in [0, 0.05) is 16.8 Å². The van der Waals surface area contributed by atoms with E-state index in [-0.39, 0.29) is 16.8 Å². The van der Waals surface area contributed by atoms with E-state index in [2.05, 4.69) is 6.92 Å². The first-order valence-electron chi connectivity index (χ1n) is 12.0. The maximum absolute atomic E-state index is 13.7. The molecule has 1 amide bonds. The molecule has 0 spiro atoms. The zero-order chi connectivity index (χ0) is 25.2. The van der Waals surface area contributed by atoms with Crippen molar-refractivity contribution in [2.75, 3.05) is 18.6 Å². The van der Waals surface area contributed by atoms with Crippen LogP contribution in [-0.2, 0) is 0 Å². The molecule has 0 aliphatic carbocycles. The molecule has 7 heteroatoms. The Balaban J connectivity index is 1.63. The molecule has 0 saturated heterocycles. The van der Waals surface area contributed by atoms with E-state index in [1.54, 1.807) is 48.4 Å². The van der Waals surface area contributed by atoms with E-state index in [1.807, 2.05) is 30.3 Å². The summed E-state index contributed by atoms with van der Waals surface area (Å²) in [6.45, 7) is 2.79. The molecule has 1 aliphatic heterocycles. The highest BCUT2D eigenvalue weighted by Gasteiger charge is 2.43. The number of anilines is 1. The number of unbranched alkanes of at least 4 members (excludes halogenated alkanes) is 2. The standard InChI is InChI=1S/C29H26ClNO5/c1-3-4-5-15-35-21-12-9-18(10-13-21)26-25-27(32)23-16-19(30)11-14-24(23)36-28(25)29(33)31(26)20-7-6-8-22(17-20)34-2/h6-14,16-17,26H,3-5,15H2,1-2H3. The van der Waals surface area contributed by atoms with Crippen LogP contribution in [0.25, 0.3) is 11.0 Å². The third-order valence-electron chi connectivity index (χ3n) is 6.38. The Hall–Kier alpha value is -3.77. The van der Waals surface area contributed by atoms with Gasteiger partial charge in [-0.15, -0.1) is 0 Å². The van der Waals surface area contributed by atoms with E-state index < -0.39 is 11.9 Å². The predicted octanol–water partition coefficient (Wildman–Crippen LogP) is 6.77. The van der Waals surface area contributed by atoms with Crippen LogP contribution in [-0.4, -0.2) is 19.6 Å². The highest BCUT2D eigenvalue weighted by atomic mass is 35.5. The Morgan fingerprint density at radius 2 is 1.78 bits per heavy atom. The van der Waals surface area contributed by atoms with Crippen LogP contribution in [0.4, 0.5) is 5.69 Å². The summed E-state index contributed by atoms with van der Waals surface area (Å²) in [5.74, 6) is 0.978. The fourth-order valence-corrected chi connectivity index (χ4v) is 4.75. The second-order valence-corrected chi connectivity index (χ2v) is 9.15. The van der Waals surface area contributed by atoms with E-state index in [1.165, 1.54) is 0 Å². The number of fused-ring (bicyclic) bond motifs is 2. The number of hydrogen-bond donors (Lipinski definition) is 0. The maximum Gasteiger partial charge on any atom is 0.295 e. The van der Waals surface area contributed by atoms with Crippen molar-refractivity contribution in [1.29, 1.82) is 0 Å². The summed E-state index contributed by atoms with van der Waals surface area (Å²) in [7, 11) is 1.57. The number of halogens is 1. The highest BCUT2D eigenvalue weighted by molar-refractivity contribution is 6.31. The topological polar surface area (TPSA) is 69.0 Å². The van der Waals surface area contributed by atoms with E-state index in [0.29, 0.717) is 34.0 Å². The molecule has 36 heavy (non-hydrogen) atoms. The molecule has 1 atom stereocenters. The minimum absolute atomic E-state index is 0.0301. The van der Waals surface area contributed by atoms with Crippen molar-refractivity contribution in [3.05, 3.63) is 98.9 Å². The second-order valence-electron chi connectivity index (χ2n) is 8.72. The molecule has 4 aromatic rings. The highest BCUT2D eigenvalue weighted by Crippen LogP contribution is 2.42. The summed E-state index contributed by atoms with van der Waals surface area (Å²) < 4.78 is 17.3. The Morgan fingerprint density at radius 1 is 0.972 bits per heavy atom. The lowest BCUT2D eigenvalue weighted by atomic mass is 9.98. The third kappa shape index (κ3) is 4.33. The van der Waals surface area contributed by atoms with E-state index in [0.717, 1.165) is 30.6 Å². The van der Waals surface area contributed by atoms with Crippen LogP contribution in [0.5, 0.6) is 11.5 Å². The van der Waals surface area contributed by atoms with Gasteiger partial charge in [-0.3, -0.25) is 14.5 Å². The Bertz CT molecular complexity index is 1480. The number of hydrogen-bond acceptors (Lipinski definition) is 5. The van der Waals surface area contributed by atoms with Crippen LogP contribution in [0.15, 0.2) is 75.9 Å². The van der Waals surface area contributed by atoms with Gasteiger partial charge in [0.1, 0.15) is 17.1 Å². The summed E-state index contributed by atoms with van der Waals surface area (Å²) in [6, 6.07) is 18.8. The van der Waals surface area contributed by atoms with E-state index in [9.17, 15) is 9.59 Å². The molecule has 0 radical (unpaired) electrons. The van der Waals surface area contributed by atoms with Crippen molar-refractivity contribution in [2.24, 2.45) is 0 Å². The molecule has 1 aromatic heterocycles. The molecule has 3 aromatic carbocycles. The lowest BCUT2D eigenvalue weighted by Crippen LogP contribution is -2.29. The fraction of sp³-hybridized carbons (Fsp3) is 0.241. The number of ether oxygens (including phenoxy) is 2. The quantitative estimate of drug-likeness (QED) is 0.248.